The fraction of sp³-hybridized carbons (Fsp3) is 0.533. The Morgan fingerprint density at radius 3 is 2.95 bits per heavy atom. The molecule has 1 saturated heterocycles. The van der Waals surface area contributed by atoms with Gasteiger partial charge < -0.3 is 5.32 Å². The third kappa shape index (κ3) is 3.25. The van der Waals surface area contributed by atoms with Crippen LogP contribution < -0.4 is 5.32 Å². The summed E-state index contributed by atoms with van der Waals surface area (Å²) in [6, 6.07) is 4.01. The van der Waals surface area contributed by atoms with Crippen LogP contribution in [0.3, 0.4) is 0 Å². The van der Waals surface area contributed by atoms with Crippen molar-refractivity contribution in [2.75, 3.05) is 26.2 Å². The summed E-state index contributed by atoms with van der Waals surface area (Å²) < 4.78 is 37.6. The van der Waals surface area contributed by atoms with Gasteiger partial charge in [0.25, 0.3) is 0 Å². The Balaban J connectivity index is 1.86. The molecule has 0 spiro atoms. The first-order valence-electron chi connectivity index (χ1n) is 7.39. The number of H-pyrrole nitrogens is 1. The Bertz CT molecular complexity index is 650. The van der Waals surface area contributed by atoms with Gasteiger partial charge in [-0.15, -0.1) is 0 Å². The molecule has 0 aliphatic carbocycles. The lowest BCUT2D eigenvalue weighted by Crippen LogP contribution is -2.47. The number of alkyl halides is 3. The van der Waals surface area contributed by atoms with Crippen LogP contribution >= 0.6 is 0 Å². The van der Waals surface area contributed by atoms with Gasteiger partial charge in [0.1, 0.15) is 0 Å². The van der Waals surface area contributed by atoms with Crippen LogP contribution in [0.25, 0.3) is 10.9 Å². The fourth-order valence-corrected chi connectivity index (χ4v) is 3.07. The van der Waals surface area contributed by atoms with Gasteiger partial charge in [0.2, 0.25) is 0 Å². The quantitative estimate of drug-likeness (QED) is 0.916. The van der Waals surface area contributed by atoms with Gasteiger partial charge in [-0.2, -0.15) is 18.3 Å². The smallest absolute Gasteiger partial charge is 0.314 e. The lowest BCUT2D eigenvalue weighted by molar-refractivity contribution is -0.139. The van der Waals surface area contributed by atoms with Gasteiger partial charge in [0.05, 0.1) is 18.1 Å². The average Bonchev–Trinajstić information content (AvgIpc) is 2.91. The Morgan fingerprint density at radius 1 is 1.36 bits per heavy atom. The summed E-state index contributed by atoms with van der Waals surface area (Å²) >= 11 is 0. The van der Waals surface area contributed by atoms with Crippen LogP contribution in [-0.2, 0) is 0 Å². The number of nitrogens with zero attached hydrogens (tertiary/aromatic N) is 2. The SMILES string of the molecule is Cc1cc2[nH]ncc2cc1C1CNCCN1CCC(F)(F)F. The standard InChI is InChI=1S/C15H19F3N4/c1-10-6-13-11(8-20-21-13)7-12(10)14-9-19-3-5-22(14)4-2-15(16,17)18/h6-8,14,19H,2-5,9H2,1H3,(H,20,21). The third-order valence-corrected chi connectivity index (χ3v) is 4.22. The molecular formula is C15H19F3N4. The number of fused-ring (bicyclic) bond motifs is 1. The Hall–Kier alpha value is -1.60. The summed E-state index contributed by atoms with van der Waals surface area (Å²) in [7, 11) is 0. The molecule has 2 aromatic rings. The molecule has 1 atom stereocenters. The highest BCUT2D eigenvalue weighted by atomic mass is 19.4. The van der Waals surface area contributed by atoms with Crippen molar-refractivity contribution in [2.45, 2.75) is 25.6 Å². The van der Waals surface area contributed by atoms with Gasteiger partial charge in [-0.3, -0.25) is 10.00 Å². The molecule has 1 unspecified atom stereocenters. The Labute approximate surface area is 126 Å². The van der Waals surface area contributed by atoms with Gasteiger partial charge in [-0.1, -0.05) is 0 Å². The van der Waals surface area contributed by atoms with Crippen LogP contribution in [0, 0.1) is 6.92 Å². The summed E-state index contributed by atoms with van der Waals surface area (Å²) in [4.78, 5) is 1.93. The number of halogens is 3. The van der Waals surface area contributed by atoms with E-state index in [9.17, 15) is 13.2 Å². The second kappa shape index (κ2) is 5.89. The molecule has 2 heterocycles. The monoisotopic (exact) mass is 312 g/mol. The van der Waals surface area contributed by atoms with Crippen LogP contribution in [-0.4, -0.2) is 47.5 Å². The van der Waals surface area contributed by atoms with E-state index in [-0.39, 0.29) is 12.6 Å². The molecule has 3 rings (SSSR count). The van der Waals surface area contributed by atoms with Gasteiger partial charge in [-0.05, 0) is 30.2 Å². The van der Waals surface area contributed by atoms with E-state index in [4.69, 9.17) is 0 Å². The van der Waals surface area contributed by atoms with Gasteiger partial charge in [0.15, 0.2) is 0 Å². The zero-order chi connectivity index (χ0) is 15.7. The third-order valence-electron chi connectivity index (χ3n) is 4.22. The molecule has 4 nitrogen and oxygen atoms in total. The molecule has 7 heteroatoms. The molecule has 2 N–H and O–H groups in total. The van der Waals surface area contributed by atoms with Crippen molar-refractivity contribution in [1.29, 1.82) is 0 Å². The highest BCUT2D eigenvalue weighted by Gasteiger charge is 2.31. The lowest BCUT2D eigenvalue weighted by Gasteiger charge is -2.37. The van der Waals surface area contributed by atoms with Crippen LogP contribution in [0.15, 0.2) is 18.3 Å². The molecule has 0 amide bonds. The number of hydrogen-bond donors (Lipinski definition) is 2. The van der Waals surface area contributed by atoms with Gasteiger partial charge in [-0.25, -0.2) is 0 Å². The van der Waals surface area contributed by atoms with Crippen LogP contribution in [0.1, 0.15) is 23.6 Å². The van der Waals surface area contributed by atoms with E-state index in [1.807, 2.05) is 24.0 Å². The molecule has 22 heavy (non-hydrogen) atoms. The number of piperazine rings is 1. The number of benzene rings is 1. The largest absolute Gasteiger partial charge is 0.390 e. The summed E-state index contributed by atoms with van der Waals surface area (Å²) in [5.41, 5.74) is 3.09. The molecule has 1 aromatic heterocycles. The van der Waals surface area contributed by atoms with E-state index < -0.39 is 12.6 Å². The van der Waals surface area contributed by atoms with Crippen LogP contribution in [0.4, 0.5) is 13.2 Å². The van der Waals surface area contributed by atoms with E-state index in [0.29, 0.717) is 13.1 Å². The minimum atomic E-state index is -4.11. The van der Waals surface area contributed by atoms with E-state index in [2.05, 4.69) is 15.5 Å². The minimum Gasteiger partial charge on any atom is -0.314 e. The summed E-state index contributed by atoms with van der Waals surface area (Å²) in [5, 5.41) is 11.2. The second-order valence-corrected chi connectivity index (χ2v) is 5.79. The van der Waals surface area contributed by atoms with Crippen molar-refractivity contribution in [3.05, 3.63) is 29.5 Å². The first-order chi connectivity index (χ1) is 10.4. The van der Waals surface area contributed by atoms with Crippen molar-refractivity contribution in [3.8, 4) is 0 Å². The summed E-state index contributed by atoms with van der Waals surface area (Å²) in [5.74, 6) is 0. The molecule has 0 saturated carbocycles. The average molecular weight is 312 g/mol. The maximum Gasteiger partial charge on any atom is 0.390 e. The number of rotatable bonds is 3. The maximum absolute atomic E-state index is 12.5. The van der Waals surface area contributed by atoms with Gasteiger partial charge in [0, 0.05) is 37.6 Å². The molecule has 1 aliphatic rings. The topological polar surface area (TPSA) is 44.0 Å². The van der Waals surface area contributed by atoms with Crippen molar-refractivity contribution in [3.63, 3.8) is 0 Å². The number of aryl methyl sites for hydroxylation is 1. The highest BCUT2D eigenvalue weighted by Crippen LogP contribution is 2.30. The zero-order valence-electron chi connectivity index (χ0n) is 12.4. The van der Waals surface area contributed by atoms with E-state index in [1.54, 1.807) is 6.20 Å². The molecule has 1 fully saturated rings. The Kier molecular flexibility index (Phi) is 4.10. The number of aromatic amines is 1. The first-order valence-corrected chi connectivity index (χ1v) is 7.39. The predicted octanol–water partition coefficient (Wildman–Crippen LogP) is 2.77. The van der Waals surface area contributed by atoms with E-state index in [1.165, 1.54) is 0 Å². The Morgan fingerprint density at radius 2 is 2.18 bits per heavy atom. The van der Waals surface area contributed by atoms with Crippen LogP contribution in [0.2, 0.25) is 0 Å². The fourth-order valence-electron chi connectivity index (χ4n) is 3.07. The molecule has 120 valence electrons. The number of nitrogens with one attached hydrogen (secondary N) is 2. The van der Waals surface area contributed by atoms with E-state index in [0.717, 1.165) is 28.6 Å². The number of aromatic nitrogens is 2. The summed E-state index contributed by atoms with van der Waals surface area (Å²) in [6.45, 7) is 4.05. The molecule has 0 radical (unpaired) electrons. The highest BCUT2D eigenvalue weighted by molar-refractivity contribution is 5.79. The van der Waals surface area contributed by atoms with Crippen LogP contribution in [0.5, 0.6) is 0 Å². The second-order valence-electron chi connectivity index (χ2n) is 5.79. The normalized spacial score (nSPS) is 20.6. The minimum absolute atomic E-state index is 0.0320. The van der Waals surface area contributed by atoms with Crippen molar-refractivity contribution < 1.29 is 13.2 Å². The predicted molar refractivity (Wildman–Crippen MR) is 78.7 cm³/mol. The molecular weight excluding hydrogens is 293 g/mol. The number of hydrogen-bond acceptors (Lipinski definition) is 3. The van der Waals surface area contributed by atoms with Gasteiger partial charge >= 0.3 is 6.18 Å². The summed E-state index contributed by atoms with van der Waals surface area (Å²) in [6.07, 6.45) is -3.13. The molecule has 0 bridgehead atoms. The van der Waals surface area contributed by atoms with E-state index >= 15 is 0 Å². The molecule has 1 aliphatic heterocycles. The van der Waals surface area contributed by atoms with Crippen molar-refractivity contribution >= 4 is 10.9 Å². The lowest BCUT2D eigenvalue weighted by atomic mass is 9.96. The molecule has 1 aromatic carbocycles. The van der Waals surface area contributed by atoms with Crippen molar-refractivity contribution in [1.82, 2.24) is 20.4 Å². The zero-order valence-corrected chi connectivity index (χ0v) is 12.4. The van der Waals surface area contributed by atoms with Crippen molar-refractivity contribution in [2.24, 2.45) is 0 Å². The maximum atomic E-state index is 12.5. The first kappa shape index (κ1) is 15.3.